The minimum atomic E-state index is 0.00482. The first-order valence-corrected chi connectivity index (χ1v) is 7.00. The molecule has 0 unspecified atom stereocenters. The highest BCUT2D eigenvalue weighted by Gasteiger charge is 2.22. The minimum absolute atomic E-state index is 0.00482. The highest BCUT2D eigenvalue weighted by atomic mass is 32.1. The SMILES string of the molecule is Cc1cc(C(=O)NCC2CC2)sc1C#CCCO. The van der Waals surface area contributed by atoms with Crippen LogP contribution in [0.1, 0.15) is 39.4 Å². The van der Waals surface area contributed by atoms with Crippen molar-refractivity contribution in [2.45, 2.75) is 26.2 Å². The molecule has 1 saturated carbocycles. The average Bonchev–Trinajstić information content (AvgIpc) is 3.11. The summed E-state index contributed by atoms with van der Waals surface area (Å²) in [5.74, 6) is 6.58. The summed E-state index contributed by atoms with van der Waals surface area (Å²) in [7, 11) is 0. The van der Waals surface area contributed by atoms with Crippen LogP contribution in [0.5, 0.6) is 0 Å². The first-order valence-electron chi connectivity index (χ1n) is 6.19. The fourth-order valence-electron chi connectivity index (χ4n) is 1.56. The molecule has 3 nitrogen and oxygen atoms in total. The predicted octanol–water partition coefficient (Wildman–Crippen LogP) is 1.93. The number of aryl methyl sites for hydroxylation is 1. The maximum absolute atomic E-state index is 11.9. The summed E-state index contributed by atoms with van der Waals surface area (Å²) in [4.78, 5) is 13.5. The second-order valence-corrected chi connectivity index (χ2v) is 5.60. The Morgan fingerprint density at radius 1 is 1.61 bits per heavy atom. The lowest BCUT2D eigenvalue weighted by atomic mass is 10.2. The average molecular weight is 263 g/mol. The molecule has 1 aliphatic carbocycles. The van der Waals surface area contributed by atoms with Gasteiger partial charge in [-0.05, 0) is 37.3 Å². The van der Waals surface area contributed by atoms with E-state index < -0.39 is 0 Å². The topological polar surface area (TPSA) is 49.3 Å². The van der Waals surface area contributed by atoms with Gasteiger partial charge in [0, 0.05) is 13.0 Å². The normalized spacial score (nSPS) is 13.9. The van der Waals surface area contributed by atoms with Crippen molar-refractivity contribution in [1.82, 2.24) is 5.32 Å². The smallest absolute Gasteiger partial charge is 0.261 e. The lowest BCUT2D eigenvalue weighted by Gasteiger charge is -2.00. The van der Waals surface area contributed by atoms with Gasteiger partial charge in [0.2, 0.25) is 0 Å². The van der Waals surface area contributed by atoms with Crippen molar-refractivity contribution in [2.75, 3.05) is 13.2 Å². The molecule has 1 amide bonds. The summed E-state index contributed by atoms with van der Waals surface area (Å²) >= 11 is 1.42. The third-order valence-electron chi connectivity index (χ3n) is 2.83. The second-order valence-electron chi connectivity index (χ2n) is 4.55. The summed E-state index contributed by atoms with van der Waals surface area (Å²) < 4.78 is 0. The van der Waals surface area contributed by atoms with Gasteiger partial charge in [-0.3, -0.25) is 4.79 Å². The lowest BCUT2D eigenvalue weighted by Crippen LogP contribution is -2.24. The Labute approximate surface area is 111 Å². The van der Waals surface area contributed by atoms with Crippen molar-refractivity contribution in [3.8, 4) is 11.8 Å². The number of nitrogens with one attached hydrogen (secondary N) is 1. The van der Waals surface area contributed by atoms with E-state index >= 15 is 0 Å². The summed E-state index contributed by atoms with van der Waals surface area (Å²) in [5, 5.41) is 11.6. The largest absolute Gasteiger partial charge is 0.395 e. The van der Waals surface area contributed by atoms with E-state index in [1.807, 2.05) is 13.0 Å². The fraction of sp³-hybridized carbons (Fsp3) is 0.500. The minimum Gasteiger partial charge on any atom is -0.395 e. The van der Waals surface area contributed by atoms with E-state index in [-0.39, 0.29) is 12.5 Å². The van der Waals surface area contributed by atoms with E-state index in [4.69, 9.17) is 5.11 Å². The Kier molecular flexibility index (Phi) is 4.40. The van der Waals surface area contributed by atoms with E-state index in [9.17, 15) is 4.79 Å². The number of aliphatic hydroxyl groups is 1. The van der Waals surface area contributed by atoms with Crippen LogP contribution in [0.3, 0.4) is 0 Å². The van der Waals surface area contributed by atoms with Crippen molar-refractivity contribution < 1.29 is 9.90 Å². The zero-order valence-corrected chi connectivity index (χ0v) is 11.3. The standard InChI is InChI=1S/C14H17NO2S/c1-10-8-13(14(17)15-9-11-5-6-11)18-12(10)4-2-3-7-16/h8,11,16H,3,5-7,9H2,1H3,(H,15,17). The van der Waals surface area contributed by atoms with Crippen LogP contribution in [0.15, 0.2) is 6.07 Å². The molecule has 0 atom stereocenters. The Balaban J connectivity index is 1.98. The summed E-state index contributed by atoms with van der Waals surface area (Å²) in [6.45, 7) is 2.82. The van der Waals surface area contributed by atoms with Crippen molar-refractivity contribution in [2.24, 2.45) is 5.92 Å². The van der Waals surface area contributed by atoms with E-state index in [0.717, 1.165) is 21.9 Å². The Morgan fingerprint density at radius 2 is 2.39 bits per heavy atom. The monoisotopic (exact) mass is 263 g/mol. The fourth-order valence-corrected chi connectivity index (χ4v) is 2.53. The van der Waals surface area contributed by atoms with Crippen LogP contribution in [-0.4, -0.2) is 24.2 Å². The van der Waals surface area contributed by atoms with E-state index in [1.165, 1.54) is 24.2 Å². The first kappa shape index (κ1) is 13.1. The van der Waals surface area contributed by atoms with E-state index in [1.54, 1.807) is 0 Å². The van der Waals surface area contributed by atoms with Crippen molar-refractivity contribution in [3.63, 3.8) is 0 Å². The number of hydrogen-bond donors (Lipinski definition) is 2. The van der Waals surface area contributed by atoms with E-state index in [0.29, 0.717) is 12.3 Å². The molecule has 0 spiro atoms. The maximum Gasteiger partial charge on any atom is 0.261 e. The summed E-state index contributed by atoms with van der Waals surface area (Å²) in [6, 6.07) is 1.88. The first-order chi connectivity index (χ1) is 8.70. The van der Waals surface area contributed by atoms with Crippen LogP contribution in [0.25, 0.3) is 0 Å². The van der Waals surface area contributed by atoms with Gasteiger partial charge in [0.05, 0.1) is 16.4 Å². The van der Waals surface area contributed by atoms with Crippen molar-refractivity contribution in [3.05, 3.63) is 21.4 Å². The molecule has 2 rings (SSSR count). The Hall–Kier alpha value is -1.31. The van der Waals surface area contributed by atoms with Gasteiger partial charge in [0.15, 0.2) is 0 Å². The van der Waals surface area contributed by atoms with Crippen LogP contribution in [0.2, 0.25) is 0 Å². The third kappa shape index (κ3) is 3.59. The molecular weight excluding hydrogens is 246 g/mol. The highest BCUT2D eigenvalue weighted by Crippen LogP contribution is 2.28. The molecule has 96 valence electrons. The lowest BCUT2D eigenvalue weighted by molar-refractivity contribution is 0.0956. The van der Waals surface area contributed by atoms with Gasteiger partial charge in [-0.25, -0.2) is 0 Å². The van der Waals surface area contributed by atoms with Crippen molar-refractivity contribution >= 4 is 17.2 Å². The van der Waals surface area contributed by atoms with Crippen LogP contribution >= 0.6 is 11.3 Å². The molecule has 0 bridgehead atoms. The molecular formula is C14H17NO2S. The molecule has 0 aromatic carbocycles. The number of thiophene rings is 1. The second kappa shape index (κ2) is 6.03. The highest BCUT2D eigenvalue weighted by molar-refractivity contribution is 7.14. The molecule has 4 heteroatoms. The summed E-state index contributed by atoms with van der Waals surface area (Å²) in [5.41, 5.74) is 1.03. The molecule has 2 N–H and O–H groups in total. The van der Waals surface area contributed by atoms with Crippen LogP contribution in [0, 0.1) is 24.7 Å². The Bertz CT molecular complexity index is 492. The van der Waals surface area contributed by atoms with Gasteiger partial charge in [-0.1, -0.05) is 11.8 Å². The molecule has 18 heavy (non-hydrogen) atoms. The molecule has 1 aromatic rings. The Morgan fingerprint density at radius 3 is 3.06 bits per heavy atom. The molecule has 0 radical (unpaired) electrons. The zero-order valence-electron chi connectivity index (χ0n) is 10.5. The maximum atomic E-state index is 11.9. The van der Waals surface area contributed by atoms with Crippen LogP contribution in [-0.2, 0) is 0 Å². The molecule has 0 aliphatic heterocycles. The number of carbonyl (C=O) groups excluding carboxylic acids is 1. The number of rotatable bonds is 4. The predicted molar refractivity (Wildman–Crippen MR) is 72.7 cm³/mol. The number of hydrogen-bond acceptors (Lipinski definition) is 3. The van der Waals surface area contributed by atoms with Crippen molar-refractivity contribution in [1.29, 1.82) is 0 Å². The summed E-state index contributed by atoms with van der Waals surface area (Å²) in [6.07, 6.45) is 2.95. The van der Waals surface area contributed by atoms with Gasteiger partial charge in [-0.15, -0.1) is 11.3 Å². The number of aliphatic hydroxyl groups excluding tert-OH is 1. The molecule has 1 heterocycles. The molecule has 1 aliphatic rings. The van der Waals surface area contributed by atoms with Gasteiger partial charge in [-0.2, -0.15) is 0 Å². The third-order valence-corrected chi connectivity index (χ3v) is 3.98. The molecule has 1 aromatic heterocycles. The van der Waals surface area contributed by atoms with Crippen LogP contribution < -0.4 is 5.32 Å². The van der Waals surface area contributed by atoms with E-state index in [2.05, 4.69) is 17.2 Å². The zero-order chi connectivity index (χ0) is 13.0. The van der Waals surface area contributed by atoms with Gasteiger partial charge < -0.3 is 10.4 Å². The quantitative estimate of drug-likeness (QED) is 0.816. The number of amides is 1. The van der Waals surface area contributed by atoms with Gasteiger partial charge in [0.25, 0.3) is 5.91 Å². The number of carbonyl (C=O) groups is 1. The van der Waals surface area contributed by atoms with Gasteiger partial charge >= 0.3 is 0 Å². The molecule has 0 saturated heterocycles. The molecule has 1 fully saturated rings. The van der Waals surface area contributed by atoms with Crippen LogP contribution in [0.4, 0.5) is 0 Å². The van der Waals surface area contributed by atoms with Gasteiger partial charge in [0.1, 0.15) is 0 Å².